The number of nitrogens with one attached hydrogen (secondary N) is 2. The molecule has 0 saturated carbocycles. The molecule has 0 aromatic carbocycles. The lowest BCUT2D eigenvalue weighted by molar-refractivity contribution is 0.111. The third-order valence-corrected chi connectivity index (χ3v) is 2.72. The Balaban J connectivity index is 2.12. The summed E-state index contributed by atoms with van der Waals surface area (Å²) in [6, 6.07) is 5.92. The fourth-order valence-corrected chi connectivity index (χ4v) is 1.86. The number of hydrogen-bond acceptors (Lipinski definition) is 5. The van der Waals surface area contributed by atoms with E-state index in [9.17, 15) is 0 Å². The van der Waals surface area contributed by atoms with E-state index in [1.165, 1.54) is 0 Å². The average Bonchev–Trinajstić information content (AvgIpc) is 2.77. The average molecular weight is 218 g/mol. The summed E-state index contributed by atoms with van der Waals surface area (Å²) in [5, 5.41) is 15.4. The molecule has 0 radical (unpaired) electrons. The molecule has 5 nitrogen and oxygen atoms in total. The van der Waals surface area contributed by atoms with Crippen molar-refractivity contribution in [3.63, 3.8) is 0 Å². The van der Waals surface area contributed by atoms with Crippen LogP contribution in [0.25, 0.3) is 0 Å². The molecule has 16 heavy (non-hydrogen) atoms. The molecule has 0 aliphatic carbocycles. The fraction of sp³-hybridized carbons (Fsp3) is 0.455. The Morgan fingerprint density at radius 2 is 2.50 bits per heavy atom. The van der Waals surface area contributed by atoms with Crippen LogP contribution in [-0.4, -0.2) is 37.3 Å². The predicted octanol–water partition coefficient (Wildman–Crippen LogP) is 0.352. The van der Waals surface area contributed by atoms with E-state index < -0.39 is 0 Å². The second kappa shape index (κ2) is 4.92. The van der Waals surface area contributed by atoms with Gasteiger partial charge >= 0.3 is 0 Å². The zero-order valence-corrected chi connectivity index (χ0v) is 9.10. The Bertz CT molecular complexity index is 401. The van der Waals surface area contributed by atoms with Crippen molar-refractivity contribution in [3.05, 3.63) is 24.0 Å². The number of rotatable bonds is 3. The Hall–Kier alpha value is -1.64. The summed E-state index contributed by atoms with van der Waals surface area (Å²) in [6.45, 7) is 1.66. The molecule has 1 aromatic rings. The molecular weight excluding hydrogens is 204 g/mol. The van der Waals surface area contributed by atoms with Crippen molar-refractivity contribution in [2.45, 2.75) is 12.1 Å². The molecule has 1 fully saturated rings. The van der Waals surface area contributed by atoms with Gasteiger partial charge in [-0.05, 0) is 12.1 Å². The first-order valence-electron chi connectivity index (χ1n) is 5.20. The second-order valence-electron chi connectivity index (χ2n) is 3.69. The molecule has 2 heterocycles. The van der Waals surface area contributed by atoms with E-state index in [-0.39, 0.29) is 12.1 Å². The fourth-order valence-electron chi connectivity index (χ4n) is 1.86. The van der Waals surface area contributed by atoms with Crippen LogP contribution in [0.1, 0.15) is 5.69 Å². The smallest absolute Gasteiger partial charge is 0.163 e. The van der Waals surface area contributed by atoms with Crippen LogP contribution in [-0.2, 0) is 4.74 Å². The molecule has 1 saturated heterocycles. The van der Waals surface area contributed by atoms with E-state index in [1.807, 2.05) is 12.1 Å². The normalized spacial score (nSPS) is 24.0. The summed E-state index contributed by atoms with van der Waals surface area (Å²) in [7, 11) is 1.70. The van der Waals surface area contributed by atoms with Crippen molar-refractivity contribution < 1.29 is 4.74 Å². The van der Waals surface area contributed by atoms with E-state index in [4.69, 9.17) is 10.00 Å². The molecule has 1 aromatic heterocycles. The molecule has 5 heteroatoms. The molecule has 0 amide bonds. The van der Waals surface area contributed by atoms with Gasteiger partial charge in [-0.2, -0.15) is 5.26 Å². The van der Waals surface area contributed by atoms with E-state index >= 15 is 0 Å². The number of aromatic nitrogens is 1. The standard InChI is InChI=1S/C11H14N4O/c1-16-11-7-13-6-10(11)15-8-3-2-4-14-9(8)5-12/h2-4,10-11,13,15H,6-7H2,1H3/t10?,11-/m0/s1. The number of ether oxygens (including phenoxy) is 1. The number of nitrogens with zero attached hydrogens (tertiary/aromatic N) is 2. The Morgan fingerprint density at radius 1 is 1.62 bits per heavy atom. The summed E-state index contributed by atoms with van der Waals surface area (Å²) in [5.74, 6) is 0. The van der Waals surface area contributed by atoms with Gasteiger partial charge in [0.25, 0.3) is 0 Å². The molecule has 2 rings (SSSR count). The third-order valence-electron chi connectivity index (χ3n) is 2.72. The highest BCUT2D eigenvalue weighted by molar-refractivity contribution is 5.54. The number of anilines is 1. The van der Waals surface area contributed by atoms with Crippen LogP contribution >= 0.6 is 0 Å². The van der Waals surface area contributed by atoms with Crippen molar-refractivity contribution in [3.8, 4) is 6.07 Å². The van der Waals surface area contributed by atoms with Crippen LogP contribution in [0.15, 0.2) is 18.3 Å². The monoisotopic (exact) mass is 218 g/mol. The highest BCUT2D eigenvalue weighted by atomic mass is 16.5. The maximum Gasteiger partial charge on any atom is 0.163 e. The van der Waals surface area contributed by atoms with Crippen LogP contribution in [0.5, 0.6) is 0 Å². The lowest BCUT2D eigenvalue weighted by atomic mass is 10.2. The van der Waals surface area contributed by atoms with Gasteiger partial charge in [-0.15, -0.1) is 0 Å². The zero-order valence-electron chi connectivity index (χ0n) is 9.10. The van der Waals surface area contributed by atoms with Crippen molar-refractivity contribution in [1.82, 2.24) is 10.3 Å². The highest BCUT2D eigenvalue weighted by Gasteiger charge is 2.27. The van der Waals surface area contributed by atoms with Crippen molar-refractivity contribution in [2.24, 2.45) is 0 Å². The van der Waals surface area contributed by atoms with E-state index in [2.05, 4.69) is 21.7 Å². The minimum absolute atomic E-state index is 0.131. The van der Waals surface area contributed by atoms with Gasteiger partial charge in [-0.3, -0.25) is 0 Å². The van der Waals surface area contributed by atoms with Crippen molar-refractivity contribution >= 4 is 5.69 Å². The molecule has 0 bridgehead atoms. The van der Waals surface area contributed by atoms with E-state index in [0.29, 0.717) is 5.69 Å². The first-order chi connectivity index (χ1) is 7.85. The number of hydrogen-bond donors (Lipinski definition) is 2. The quantitative estimate of drug-likeness (QED) is 0.766. The third kappa shape index (κ3) is 2.13. The van der Waals surface area contributed by atoms with Crippen LogP contribution in [0.4, 0.5) is 5.69 Å². The lowest BCUT2D eigenvalue weighted by Gasteiger charge is -2.19. The molecule has 1 unspecified atom stereocenters. The molecular formula is C11H14N4O. The molecule has 1 aliphatic rings. The summed E-state index contributed by atoms with van der Waals surface area (Å²) < 4.78 is 5.34. The Labute approximate surface area is 94.4 Å². The summed E-state index contributed by atoms with van der Waals surface area (Å²) in [4.78, 5) is 4.01. The Morgan fingerprint density at radius 3 is 3.25 bits per heavy atom. The molecule has 2 atom stereocenters. The molecule has 0 spiro atoms. The van der Waals surface area contributed by atoms with Crippen LogP contribution < -0.4 is 10.6 Å². The van der Waals surface area contributed by atoms with Crippen molar-refractivity contribution in [1.29, 1.82) is 5.26 Å². The minimum Gasteiger partial charge on any atom is -0.378 e. The van der Waals surface area contributed by atoms with Gasteiger partial charge in [0.1, 0.15) is 6.07 Å². The van der Waals surface area contributed by atoms with E-state index in [1.54, 1.807) is 13.3 Å². The van der Waals surface area contributed by atoms with Gasteiger partial charge in [-0.1, -0.05) is 0 Å². The molecule has 1 aliphatic heterocycles. The van der Waals surface area contributed by atoms with Gasteiger partial charge in [0.05, 0.1) is 17.8 Å². The zero-order chi connectivity index (χ0) is 11.4. The van der Waals surface area contributed by atoms with Crippen LogP contribution in [0.2, 0.25) is 0 Å². The lowest BCUT2D eigenvalue weighted by Crippen LogP contribution is -2.33. The number of pyridine rings is 1. The number of methoxy groups -OCH3 is 1. The summed E-state index contributed by atoms with van der Waals surface area (Å²) in [5.41, 5.74) is 1.19. The van der Waals surface area contributed by atoms with Gasteiger partial charge in [-0.25, -0.2) is 4.98 Å². The maximum absolute atomic E-state index is 8.92. The second-order valence-corrected chi connectivity index (χ2v) is 3.69. The first kappa shape index (κ1) is 10.9. The predicted molar refractivity (Wildman–Crippen MR) is 60.0 cm³/mol. The van der Waals surface area contributed by atoms with Gasteiger partial charge < -0.3 is 15.4 Å². The molecule has 84 valence electrons. The van der Waals surface area contributed by atoms with Gasteiger partial charge in [0.2, 0.25) is 0 Å². The number of nitriles is 1. The van der Waals surface area contributed by atoms with E-state index in [0.717, 1.165) is 18.8 Å². The summed E-state index contributed by atoms with van der Waals surface area (Å²) in [6.07, 6.45) is 1.75. The van der Waals surface area contributed by atoms with Crippen molar-refractivity contribution in [2.75, 3.05) is 25.5 Å². The van der Waals surface area contributed by atoms with Gasteiger partial charge in [0.15, 0.2) is 5.69 Å². The summed E-state index contributed by atoms with van der Waals surface area (Å²) >= 11 is 0. The van der Waals surface area contributed by atoms with Crippen LogP contribution in [0.3, 0.4) is 0 Å². The maximum atomic E-state index is 8.92. The SMILES string of the molecule is CO[C@H]1CNCC1Nc1cccnc1C#N. The highest BCUT2D eigenvalue weighted by Crippen LogP contribution is 2.15. The Kier molecular flexibility index (Phi) is 3.34. The molecule has 2 N–H and O–H groups in total. The first-order valence-corrected chi connectivity index (χ1v) is 5.20. The van der Waals surface area contributed by atoms with Crippen LogP contribution in [0, 0.1) is 11.3 Å². The largest absolute Gasteiger partial charge is 0.378 e. The van der Waals surface area contributed by atoms with Gasteiger partial charge in [0, 0.05) is 26.4 Å². The topological polar surface area (TPSA) is 70.0 Å². The minimum atomic E-state index is 0.131.